The first-order valence-corrected chi connectivity index (χ1v) is 8.19. The van der Waals surface area contributed by atoms with Crippen LogP contribution in [0.1, 0.15) is 24.2 Å². The van der Waals surface area contributed by atoms with Crippen molar-refractivity contribution >= 4 is 15.9 Å². The molecule has 1 aliphatic heterocycles. The van der Waals surface area contributed by atoms with Gasteiger partial charge in [-0.2, -0.15) is 5.10 Å². The summed E-state index contributed by atoms with van der Waals surface area (Å²) in [6, 6.07) is 2.00. The minimum atomic E-state index is -3.63. The van der Waals surface area contributed by atoms with Crippen molar-refractivity contribution in [1.82, 2.24) is 14.7 Å². The Bertz CT molecular complexity index is 608. The lowest BCUT2D eigenvalue weighted by Gasteiger charge is -2.16. The third-order valence-corrected chi connectivity index (χ3v) is 4.79. The van der Waals surface area contributed by atoms with Crippen molar-refractivity contribution in [3.63, 3.8) is 0 Å². The van der Waals surface area contributed by atoms with Crippen LogP contribution in [0, 0.1) is 13.8 Å². The molecule has 1 fully saturated rings. The van der Waals surface area contributed by atoms with Crippen LogP contribution in [0.15, 0.2) is 6.07 Å². The predicted octanol–water partition coefficient (Wildman–Crippen LogP) is -0.221. The van der Waals surface area contributed by atoms with E-state index in [4.69, 9.17) is 5.14 Å². The molecular weight excluding hydrogens is 280 g/mol. The van der Waals surface area contributed by atoms with Gasteiger partial charge in [-0.25, -0.2) is 13.6 Å². The van der Waals surface area contributed by atoms with Crippen LogP contribution in [-0.2, 0) is 21.4 Å². The Balaban J connectivity index is 1.86. The number of rotatable bonds is 5. The van der Waals surface area contributed by atoms with E-state index in [9.17, 15) is 13.2 Å². The van der Waals surface area contributed by atoms with Crippen molar-refractivity contribution in [2.75, 3.05) is 13.1 Å². The number of carbonyl (C=O) groups is 1. The van der Waals surface area contributed by atoms with Crippen LogP contribution >= 0.6 is 0 Å². The number of primary sulfonamides is 1. The number of likely N-dealkylation sites (tertiary alicyclic amines) is 1. The third-order valence-electron chi connectivity index (χ3n) is 3.54. The number of hydrogen-bond donors (Lipinski definition) is 1. The van der Waals surface area contributed by atoms with Gasteiger partial charge in [-0.3, -0.25) is 9.48 Å². The molecule has 7 nitrogen and oxygen atoms in total. The summed E-state index contributed by atoms with van der Waals surface area (Å²) >= 11 is 0. The van der Waals surface area contributed by atoms with Crippen molar-refractivity contribution < 1.29 is 13.2 Å². The highest BCUT2D eigenvalue weighted by Gasteiger charge is 2.35. The van der Waals surface area contributed by atoms with Crippen LogP contribution in [0.3, 0.4) is 0 Å². The molecule has 2 heterocycles. The largest absolute Gasteiger partial charge is 0.341 e. The smallest absolute Gasteiger partial charge is 0.224 e. The Morgan fingerprint density at radius 1 is 1.40 bits per heavy atom. The van der Waals surface area contributed by atoms with E-state index in [1.807, 2.05) is 24.6 Å². The molecule has 112 valence electrons. The Hall–Kier alpha value is -1.41. The molecule has 0 bridgehead atoms. The van der Waals surface area contributed by atoms with Crippen molar-refractivity contribution in [2.45, 2.75) is 38.5 Å². The first-order valence-electron chi connectivity index (χ1n) is 6.58. The molecule has 0 aliphatic carbocycles. The summed E-state index contributed by atoms with van der Waals surface area (Å²) in [7, 11) is -3.63. The number of carbonyl (C=O) groups excluding carboxylic acids is 1. The van der Waals surface area contributed by atoms with Gasteiger partial charge in [0.1, 0.15) is 5.25 Å². The molecule has 0 radical (unpaired) electrons. The Labute approximate surface area is 118 Å². The Morgan fingerprint density at radius 2 is 2.10 bits per heavy atom. The minimum absolute atomic E-state index is 0.00125. The van der Waals surface area contributed by atoms with Gasteiger partial charge in [-0.1, -0.05) is 0 Å². The van der Waals surface area contributed by atoms with Gasteiger partial charge < -0.3 is 4.90 Å². The van der Waals surface area contributed by atoms with E-state index >= 15 is 0 Å². The average molecular weight is 300 g/mol. The molecular formula is C12H20N4O3S. The second-order valence-electron chi connectivity index (χ2n) is 5.26. The second-order valence-corrected chi connectivity index (χ2v) is 7.10. The Kier molecular flexibility index (Phi) is 4.14. The van der Waals surface area contributed by atoms with Crippen LogP contribution in [0.2, 0.25) is 0 Å². The van der Waals surface area contributed by atoms with Crippen LogP contribution in [0.25, 0.3) is 0 Å². The summed E-state index contributed by atoms with van der Waals surface area (Å²) in [6.45, 7) is 5.36. The monoisotopic (exact) mass is 300 g/mol. The van der Waals surface area contributed by atoms with Gasteiger partial charge in [-0.15, -0.1) is 0 Å². The van der Waals surface area contributed by atoms with Crippen molar-refractivity contribution in [3.05, 3.63) is 17.5 Å². The molecule has 1 atom stereocenters. The third kappa shape index (κ3) is 3.37. The molecule has 1 unspecified atom stereocenters. The van der Waals surface area contributed by atoms with Crippen LogP contribution in [-0.4, -0.2) is 47.3 Å². The van der Waals surface area contributed by atoms with Gasteiger partial charge in [-0.05, 0) is 26.3 Å². The normalized spacial score (nSPS) is 19.9. The number of sulfonamides is 1. The molecule has 1 aliphatic rings. The molecule has 0 saturated carbocycles. The van der Waals surface area contributed by atoms with E-state index in [0.717, 1.165) is 17.8 Å². The maximum Gasteiger partial charge on any atom is 0.224 e. The highest BCUT2D eigenvalue weighted by molar-refractivity contribution is 7.89. The summed E-state index contributed by atoms with van der Waals surface area (Å²) in [5.41, 5.74) is 2.05. The zero-order chi connectivity index (χ0) is 14.9. The van der Waals surface area contributed by atoms with Gasteiger partial charge >= 0.3 is 0 Å². The molecule has 1 aromatic heterocycles. The van der Waals surface area contributed by atoms with Crippen molar-refractivity contribution in [3.8, 4) is 0 Å². The molecule has 2 N–H and O–H groups in total. The molecule has 0 aromatic carbocycles. The number of nitrogens with two attached hydrogens (primary N) is 1. The van der Waals surface area contributed by atoms with E-state index in [-0.39, 0.29) is 18.9 Å². The SMILES string of the molecule is Cc1cc(C)n(CCCN2CC(S(N)(=O)=O)CC2=O)n1. The van der Waals surface area contributed by atoms with Crippen molar-refractivity contribution in [1.29, 1.82) is 0 Å². The minimum Gasteiger partial charge on any atom is -0.341 e. The van der Waals surface area contributed by atoms with E-state index < -0.39 is 15.3 Å². The second kappa shape index (κ2) is 5.53. The molecule has 1 aromatic rings. The summed E-state index contributed by atoms with van der Waals surface area (Å²) < 4.78 is 24.4. The first kappa shape index (κ1) is 15.0. The van der Waals surface area contributed by atoms with Crippen molar-refractivity contribution in [2.24, 2.45) is 5.14 Å². The number of aromatic nitrogens is 2. The van der Waals surface area contributed by atoms with Gasteiger partial charge in [0.15, 0.2) is 0 Å². The molecule has 20 heavy (non-hydrogen) atoms. The summed E-state index contributed by atoms with van der Waals surface area (Å²) in [5.74, 6) is -0.141. The average Bonchev–Trinajstić information content (AvgIpc) is 2.83. The molecule has 0 spiro atoms. The standard InChI is InChI=1S/C12H20N4O3S/c1-9-6-10(2)16(14-9)5-3-4-15-8-11(7-12(15)17)20(13,18)19/h6,11H,3-5,7-8H2,1-2H3,(H2,13,18,19). The van der Waals surface area contributed by atoms with Gasteiger partial charge in [0.2, 0.25) is 15.9 Å². The highest BCUT2D eigenvalue weighted by atomic mass is 32.2. The lowest BCUT2D eigenvalue weighted by Crippen LogP contribution is -2.32. The number of hydrogen-bond acceptors (Lipinski definition) is 4. The van der Waals surface area contributed by atoms with Crippen LogP contribution < -0.4 is 5.14 Å². The van der Waals surface area contributed by atoms with Gasteiger partial charge in [0.05, 0.1) is 5.69 Å². The topological polar surface area (TPSA) is 98.3 Å². The van der Waals surface area contributed by atoms with Crippen LogP contribution in [0.4, 0.5) is 0 Å². The number of amides is 1. The van der Waals surface area contributed by atoms with Gasteiger partial charge in [0.25, 0.3) is 0 Å². The van der Waals surface area contributed by atoms with Crippen LogP contribution in [0.5, 0.6) is 0 Å². The van der Waals surface area contributed by atoms with E-state index in [0.29, 0.717) is 13.1 Å². The number of aryl methyl sites for hydroxylation is 3. The maximum absolute atomic E-state index is 11.7. The lowest BCUT2D eigenvalue weighted by atomic mass is 10.3. The fraction of sp³-hybridized carbons (Fsp3) is 0.667. The van der Waals surface area contributed by atoms with E-state index in [2.05, 4.69) is 5.10 Å². The Morgan fingerprint density at radius 3 is 2.60 bits per heavy atom. The fourth-order valence-corrected chi connectivity index (χ4v) is 3.25. The molecule has 1 saturated heterocycles. The summed E-state index contributed by atoms with van der Waals surface area (Å²) in [5, 5.41) is 8.67. The zero-order valence-electron chi connectivity index (χ0n) is 11.7. The lowest BCUT2D eigenvalue weighted by molar-refractivity contribution is -0.127. The first-order chi connectivity index (χ1) is 9.27. The highest BCUT2D eigenvalue weighted by Crippen LogP contribution is 2.16. The zero-order valence-corrected chi connectivity index (χ0v) is 12.6. The molecule has 2 rings (SSSR count). The number of nitrogens with zero attached hydrogens (tertiary/aromatic N) is 3. The van der Waals surface area contributed by atoms with E-state index in [1.165, 1.54) is 0 Å². The van der Waals surface area contributed by atoms with E-state index in [1.54, 1.807) is 4.90 Å². The van der Waals surface area contributed by atoms with Gasteiger partial charge in [0, 0.05) is 31.7 Å². The molecule has 1 amide bonds. The quantitative estimate of drug-likeness (QED) is 0.812. The summed E-state index contributed by atoms with van der Waals surface area (Å²) in [6.07, 6.45) is 0.740. The molecule has 8 heteroatoms. The fourth-order valence-electron chi connectivity index (χ4n) is 2.48. The predicted molar refractivity (Wildman–Crippen MR) is 74.4 cm³/mol. The summed E-state index contributed by atoms with van der Waals surface area (Å²) in [4.78, 5) is 13.3. The maximum atomic E-state index is 11.7.